The molecule has 8 nitrogen and oxygen atoms in total. The van der Waals surface area contributed by atoms with E-state index >= 15 is 0 Å². The van der Waals surface area contributed by atoms with Crippen LogP contribution in [0.3, 0.4) is 0 Å². The second kappa shape index (κ2) is 6.61. The predicted octanol–water partition coefficient (Wildman–Crippen LogP) is 1.41. The number of imidazole rings is 1. The highest BCUT2D eigenvalue weighted by Gasteiger charge is 2.33. The van der Waals surface area contributed by atoms with E-state index in [1.165, 1.54) is 0 Å². The Morgan fingerprint density at radius 3 is 2.93 bits per heavy atom. The summed E-state index contributed by atoms with van der Waals surface area (Å²) in [6, 6.07) is 2.26. The lowest BCUT2D eigenvalue weighted by molar-refractivity contribution is -0.143. The van der Waals surface area contributed by atoms with Crippen LogP contribution >= 0.6 is 0 Å². The number of aromatic nitrogens is 4. The molecule has 0 bridgehead atoms. The maximum Gasteiger partial charge on any atom is 0.242 e. The lowest BCUT2D eigenvalue weighted by atomic mass is 10.0. The lowest BCUT2D eigenvalue weighted by Crippen LogP contribution is -2.54. The smallest absolute Gasteiger partial charge is 0.242 e. The first kappa shape index (κ1) is 16.7. The van der Waals surface area contributed by atoms with Crippen LogP contribution in [-0.4, -0.2) is 81.2 Å². The number of pyridine rings is 1. The number of nitrogens with one attached hydrogen (secondary N) is 1. The number of H-pyrrole nitrogens is 1. The van der Waals surface area contributed by atoms with Gasteiger partial charge in [-0.1, -0.05) is 0 Å². The van der Waals surface area contributed by atoms with E-state index in [4.69, 9.17) is 4.74 Å². The molecular formula is C19H24N6O2. The minimum absolute atomic E-state index is 0.144. The molecule has 0 saturated carbocycles. The van der Waals surface area contributed by atoms with Gasteiger partial charge in [0.05, 0.1) is 31.3 Å². The van der Waals surface area contributed by atoms with Gasteiger partial charge in [0.25, 0.3) is 0 Å². The van der Waals surface area contributed by atoms with Gasteiger partial charge in [0, 0.05) is 37.3 Å². The standard InChI is InChI=1S/C19H24N6O2/c1-23-8-9-27-11-16(23)19(26)24-6-3-13(4-7-24)25-12-22-15-10-21-18-14(17(15)25)2-5-20-18/h2,5,10,12-13,16H,3-4,6-9,11H2,1H3,(H,20,21). The molecule has 1 N–H and O–H groups in total. The second-order valence-electron chi connectivity index (χ2n) is 7.51. The van der Waals surface area contributed by atoms with E-state index in [0.717, 1.165) is 54.5 Å². The van der Waals surface area contributed by atoms with Crippen molar-refractivity contribution in [2.45, 2.75) is 24.9 Å². The number of ether oxygens (including phenoxy) is 1. The van der Waals surface area contributed by atoms with Gasteiger partial charge in [-0.2, -0.15) is 0 Å². The number of nitrogens with zero attached hydrogens (tertiary/aromatic N) is 5. The van der Waals surface area contributed by atoms with Crippen molar-refractivity contribution in [3.8, 4) is 0 Å². The van der Waals surface area contributed by atoms with E-state index in [1.807, 2.05) is 30.7 Å². The van der Waals surface area contributed by atoms with Crippen molar-refractivity contribution in [1.82, 2.24) is 29.3 Å². The number of hydrogen-bond donors (Lipinski definition) is 1. The van der Waals surface area contributed by atoms with Gasteiger partial charge in [0.2, 0.25) is 5.91 Å². The van der Waals surface area contributed by atoms with Gasteiger partial charge in [-0.3, -0.25) is 9.69 Å². The maximum absolute atomic E-state index is 12.9. The quantitative estimate of drug-likeness (QED) is 0.740. The van der Waals surface area contributed by atoms with E-state index in [0.29, 0.717) is 19.3 Å². The highest BCUT2D eigenvalue weighted by Crippen LogP contribution is 2.30. The van der Waals surface area contributed by atoms with Crippen LogP contribution < -0.4 is 0 Å². The van der Waals surface area contributed by atoms with Gasteiger partial charge in [0.1, 0.15) is 17.2 Å². The number of carbonyl (C=O) groups excluding carboxylic acids is 1. The first-order chi connectivity index (χ1) is 13.2. The molecule has 0 aromatic carbocycles. The summed E-state index contributed by atoms with van der Waals surface area (Å²) in [6.07, 6.45) is 7.52. The molecular weight excluding hydrogens is 344 g/mol. The van der Waals surface area contributed by atoms with Gasteiger partial charge in [0.15, 0.2) is 0 Å². The Morgan fingerprint density at radius 1 is 1.26 bits per heavy atom. The monoisotopic (exact) mass is 368 g/mol. The molecule has 142 valence electrons. The van der Waals surface area contributed by atoms with Crippen molar-refractivity contribution in [3.63, 3.8) is 0 Å². The first-order valence-corrected chi connectivity index (χ1v) is 9.58. The number of rotatable bonds is 2. The summed E-state index contributed by atoms with van der Waals surface area (Å²) in [6.45, 7) is 3.57. The summed E-state index contributed by atoms with van der Waals surface area (Å²) >= 11 is 0. The molecule has 0 aliphatic carbocycles. The fraction of sp³-hybridized carbons (Fsp3) is 0.526. The van der Waals surface area contributed by atoms with Crippen LogP contribution in [0.25, 0.3) is 22.1 Å². The summed E-state index contributed by atoms with van der Waals surface area (Å²) in [5, 5.41) is 1.10. The first-order valence-electron chi connectivity index (χ1n) is 9.58. The van der Waals surface area contributed by atoms with Crippen molar-refractivity contribution in [3.05, 3.63) is 24.8 Å². The average molecular weight is 368 g/mol. The fourth-order valence-corrected chi connectivity index (χ4v) is 4.33. The zero-order chi connectivity index (χ0) is 18.4. The summed E-state index contributed by atoms with van der Waals surface area (Å²) < 4.78 is 7.78. The number of piperidine rings is 1. The second-order valence-corrected chi connectivity index (χ2v) is 7.51. The molecule has 2 aliphatic rings. The Morgan fingerprint density at radius 2 is 2.11 bits per heavy atom. The number of carbonyl (C=O) groups is 1. The van der Waals surface area contributed by atoms with Crippen LogP contribution in [0.1, 0.15) is 18.9 Å². The Kier molecular flexibility index (Phi) is 4.09. The molecule has 3 aromatic rings. The molecule has 0 spiro atoms. The van der Waals surface area contributed by atoms with E-state index in [2.05, 4.69) is 30.5 Å². The topological polar surface area (TPSA) is 79.3 Å². The highest BCUT2D eigenvalue weighted by molar-refractivity contribution is 6.00. The Hall–Kier alpha value is -2.45. The molecule has 8 heteroatoms. The fourth-order valence-electron chi connectivity index (χ4n) is 4.33. The zero-order valence-electron chi connectivity index (χ0n) is 15.5. The molecule has 1 atom stereocenters. The molecule has 27 heavy (non-hydrogen) atoms. The van der Waals surface area contributed by atoms with Gasteiger partial charge >= 0.3 is 0 Å². The van der Waals surface area contributed by atoms with E-state index in [1.54, 1.807) is 0 Å². The largest absolute Gasteiger partial charge is 0.378 e. The van der Waals surface area contributed by atoms with E-state index in [-0.39, 0.29) is 11.9 Å². The summed E-state index contributed by atoms with van der Waals surface area (Å²) in [7, 11) is 2.01. The van der Waals surface area contributed by atoms with Gasteiger partial charge < -0.3 is 19.2 Å². The minimum Gasteiger partial charge on any atom is -0.378 e. The number of likely N-dealkylation sites (N-methyl/N-ethyl adjacent to an activating group) is 1. The number of hydrogen-bond acceptors (Lipinski definition) is 5. The number of aromatic amines is 1. The third kappa shape index (κ3) is 2.80. The predicted molar refractivity (Wildman–Crippen MR) is 101 cm³/mol. The van der Waals surface area contributed by atoms with E-state index in [9.17, 15) is 4.79 Å². The van der Waals surface area contributed by atoms with Gasteiger partial charge in [-0.25, -0.2) is 9.97 Å². The molecule has 5 heterocycles. The van der Waals surface area contributed by atoms with Crippen LogP contribution in [0, 0.1) is 0 Å². The van der Waals surface area contributed by atoms with Crippen molar-refractivity contribution in [1.29, 1.82) is 0 Å². The molecule has 0 radical (unpaired) electrons. The van der Waals surface area contributed by atoms with Gasteiger partial charge in [-0.15, -0.1) is 0 Å². The van der Waals surface area contributed by atoms with Crippen LogP contribution in [0.2, 0.25) is 0 Å². The lowest BCUT2D eigenvalue weighted by Gasteiger charge is -2.38. The van der Waals surface area contributed by atoms with Crippen molar-refractivity contribution in [2.24, 2.45) is 0 Å². The van der Waals surface area contributed by atoms with Crippen LogP contribution in [0.4, 0.5) is 0 Å². The number of likely N-dealkylation sites (tertiary alicyclic amines) is 1. The number of amides is 1. The zero-order valence-corrected chi connectivity index (χ0v) is 15.5. The normalized spacial score (nSPS) is 22.7. The van der Waals surface area contributed by atoms with Crippen LogP contribution in [0.5, 0.6) is 0 Å². The van der Waals surface area contributed by atoms with Crippen molar-refractivity contribution >= 4 is 28.0 Å². The Labute approximate surface area is 157 Å². The average Bonchev–Trinajstić information content (AvgIpc) is 3.34. The van der Waals surface area contributed by atoms with Crippen LogP contribution in [-0.2, 0) is 9.53 Å². The summed E-state index contributed by atoms with van der Waals surface area (Å²) in [5.41, 5.74) is 2.94. The maximum atomic E-state index is 12.9. The third-order valence-electron chi connectivity index (χ3n) is 5.97. The number of morpholine rings is 1. The molecule has 5 rings (SSSR count). The minimum atomic E-state index is -0.144. The molecule has 3 aromatic heterocycles. The molecule has 1 amide bonds. The molecule has 2 aliphatic heterocycles. The van der Waals surface area contributed by atoms with Gasteiger partial charge in [-0.05, 0) is 26.0 Å². The van der Waals surface area contributed by atoms with E-state index < -0.39 is 0 Å². The number of fused-ring (bicyclic) bond motifs is 3. The van der Waals surface area contributed by atoms with Crippen molar-refractivity contribution < 1.29 is 9.53 Å². The SMILES string of the molecule is CN1CCOCC1C(=O)N1CCC(n2cnc3cnc4[nH]ccc4c32)CC1. The van der Waals surface area contributed by atoms with Crippen molar-refractivity contribution in [2.75, 3.05) is 39.9 Å². The molecule has 1 unspecified atom stereocenters. The Bertz CT molecular complexity index is 971. The van der Waals surface area contributed by atoms with Crippen LogP contribution in [0.15, 0.2) is 24.8 Å². The Balaban J connectivity index is 1.34. The highest BCUT2D eigenvalue weighted by atomic mass is 16.5. The summed E-state index contributed by atoms with van der Waals surface area (Å²) in [4.78, 5) is 29.1. The third-order valence-corrected chi connectivity index (χ3v) is 5.97. The molecule has 2 fully saturated rings. The summed E-state index contributed by atoms with van der Waals surface area (Å²) in [5.74, 6) is 0.198. The molecule has 2 saturated heterocycles.